The third kappa shape index (κ3) is 5.13. The van der Waals surface area contributed by atoms with E-state index in [4.69, 9.17) is 4.74 Å². The Hall–Kier alpha value is -3.75. The number of nitrogens with zero attached hydrogens (tertiary/aromatic N) is 4. The zero-order valence-corrected chi connectivity index (χ0v) is 15.3. The van der Waals surface area contributed by atoms with Crippen molar-refractivity contribution in [3.8, 4) is 17.1 Å². The number of methoxy groups -OCH3 is 1. The van der Waals surface area contributed by atoms with Crippen LogP contribution >= 0.6 is 0 Å². The van der Waals surface area contributed by atoms with Gasteiger partial charge in [-0.3, -0.25) is 20.4 Å². The second-order valence-corrected chi connectivity index (χ2v) is 5.92. The van der Waals surface area contributed by atoms with Crippen LogP contribution in [0.15, 0.2) is 54.6 Å². The normalized spacial score (nSPS) is 10.3. The number of aromatic nitrogens is 4. The van der Waals surface area contributed by atoms with Crippen molar-refractivity contribution in [2.45, 2.75) is 19.4 Å². The summed E-state index contributed by atoms with van der Waals surface area (Å²) >= 11 is 0. The second-order valence-electron chi connectivity index (χ2n) is 5.92. The van der Waals surface area contributed by atoms with Gasteiger partial charge in [0, 0.05) is 12.0 Å². The van der Waals surface area contributed by atoms with Crippen molar-refractivity contribution < 1.29 is 14.3 Å². The van der Waals surface area contributed by atoms with Gasteiger partial charge in [-0.1, -0.05) is 48.5 Å². The van der Waals surface area contributed by atoms with Crippen LogP contribution in [0.3, 0.4) is 0 Å². The van der Waals surface area contributed by atoms with Gasteiger partial charge in [0.25, 0.3) is 5.91 Å². The van der Waals surface area contributed by atoms with Crippen molar-refractivity contribution in [3.63, 3.8) is 0 Å². The van der Waals surface area contributed by atoms with Gasteiger partial charge in [0.1, 0.15) is 12.3 Å². The van der Waals surface area contributed by atoms with E-state index in [9.17, 15) is 9.59 Å². The summed E-state index contributed by atoms with van der Waals surface area (Å²) in [5.41, 5.74) is 6.45. The smallest absolute Gasteiger partial charge is 0.262 e. The Morgan fingerprint density at radius 3 is 2.50 bits per heavy atom. The summed E-state index contributed by atoms with van der Waals surface area (Å²) in [7, 11) is 1.58. The Kier molecular flexibility index (Phi) is 6.29. The molecule has 9 nitrogen and oxygen atoms in total. The Labute approximate surface area is 161 Å². The molecular formula is C19H20N6O3. The molecular weight excluding hydrogens is 360 g/mol. The van der Waals surface area contributed by atoms with Crippen LogP contribution in [0.1, 0.15) is 12.0 Å². The molecule has 3 aromatic rings. The van der Waals surface area contributed by atoms with Crippen LogP contribution < -0.4 is 15.6 Å². The third-order valence-electron chi connectivity index (χ3n) is 3.93. The molecule has 0 fully saturated rings. The van der Waals surface area contributed by atoms with Gasteiger partial charge in [0.15, 0.2) is 0 Å². The minimum Gasteiger partial charge on any atom is -0.496 e. The van der Waals surface area contributed by atoms with Gasteiger partial charge in [0.05, 0.1) is 7.11 Å². The Morgan fingerprint density at radius 2 is 1.71 bits per heavy atom. The van der Waals surface area contributed by atoms with Gasteiger partial charge in [-0.2, -0.15) is 4.80 Å². The molecule has 2 N–H and O–H groups in total. The lowest BCUT2D eigenvalue weighted by molar-refractivity contribution is -0.129. The zero-order chi connectivity index (χ0) is 19.8. The molecule has 0 saturated heterocycles. The highest BCUT2D eigenvalue weighted by Gasteiger charge is 2.11. The van der Waals surface area contributed by atoms with Gasteiger partial charge in [-0.05, 0) is 23.3 Å². The van der Waals surface area contributed by atoms with E-state index in [0.717, 1.165) is 16.9 Å². The predicted octanol–water partition coefficient (Wildman–Crippen LogP) is 1.13. The highest BCUT2D eigenvalue weighted by atomic mass is 16.5. The number of tetrazole rings is 1. The standard InChI is InChI=1S/C19H20N6O3/c1-28-16-10-6-5-7-14(16)11-12-17(26)20-21-18(27)13-25-23-19(22-24-25)15-8-3-2-4-9-15/h2-10H,11-13H2,1H3,(H,20,26)(H,21,27). The molecule has 28 heavy (non-hydrogen) atoms. The lowest BCUT2D eigenvalue weighted by Crippen LogP contribution is -2.43. The van der Waals surface area contributed by atoms with E-state index in [0.29, 0.717) is 12.2 Å². The summed E-state index contributed by atoms with van der Waals surface area (Å²) < 4.78 is 5.25. The fraction of sp³-hybridized carbons (Fsp3) is 0.211. The quantitative estimate of drug-likeness (QED) is 0.595. The summed E-state index contributed by atoms with van der Waals surface area (Å²) in [6.45, 7) is -0.160. The molecule has 1 aromatic heterocycles. The van der Waals surface area contributed by atoms with Crippen molar-refractivity contribution in [2.24, 2.45) is 0 Å². The number of para-hydroxylation sites is 1. The lowest BCUT2D eigenvalue weighted by Gasteiger charge is -2.09. The van der Waals surface area contributed by atoms with Crippen LogP contribution in [0.4, 0.5) is 0 Å². The molecule has 0 aliphatic carbocycles. The molecule has 0 aliphatic heterocycles. The van der Waals surface area contributed by atoms with E-state index in [1.54, 1.807) is 7.11 Å². The molecule has 2 aromatic carbocycles. The van der Waals surface area contributed by atoms with Crippen LogP contribution in [0, 0.1) is 0 Å². The molecule has 9 heteroatoms. The minimum absolute atomic E-state index is 0.160. The molecule has 144 valence electrons. The van der Waals surface area contributed by atoms with E-state index >= 15 is 0 Å². The second kappa shape index (κ2) is 9.26. The van der Waals surface area contributed by atoms with Crippen molar-refractivity contribution in [1.82, 2.24) is 31.1 Å². The number of carbonyl (C=O) groups is 2. The first-order valence-electron chi connectivity index (χ1n) is 8.68. The lowest BCUT2D eigenvalue weighted by atomic mass is 10.1. The topological polar surface area (TPSA) is 111 Å². The Morgan fingerprint density at radius 1 is 1.00 bits per heavy atom. The van der Waals surface area contributed by atoms with Crippen molar-refractivity contribution in [3.05, 3.63) is 60.2 Å². The molecule has 0 saturated carbocycles. The number of carbonyl (C=O) groups excluding carboxylic acids is 2. The molecule has 0 spiro atoms. The Balaban J connectivity index is 1.44. The summed E-state index contributed by atoms with van der Waals surface area (Å²) in [6.07, 6.45) is 0.706. The van der Waals surface area contributed by atoms with Crippen LogP contribution in [0.2, 0.25) is 0 Å². The number of aryl methyl sites for hydroxylation is 1. The molecule has 1 heterocycles. The predicted molar refractivity (Wildman–Crippen MR) is 101 cm³/mol. The monoisotopic (exact) mass is 380 g/mol. The van der Waals surface area contributed by atoms with E-state index in [-0.39, 0.29) is 18.9 Å². The van der Waals surface area contributed by atoms with Gasteiger partial charge in [-0.15, -0.1) is 10.2 Å². The molecule has 3 rings (SSSR count). The summed E-state index contributed by atoms with van der Waals surface area (Å²) in [5.74, 6) is 0.387. The maximum absolute atomic E-state index is 12.0. The van der Waals surface area contributed by atoms with Crippen LogP contribution in [-0.2, 0) is 22.6 Å². The van der Waals surface area contributed by atoms with Crippen molar-refractivity contribution in [2.75, 3.05) is 7.11 Å². The largest absolute Gasteiger partial charge is 0.496 e. The molecule has 2 amide bonds. The number of rotatable bonds is 7. The number of amides is 2. The zero-order valence-electron chi connectivity index (χ0n) is 15.3. The van der Waals surface area contributed by atoms with Crippen LogP contribution in [0.25, 0.3) is 11.4 Å². The summed E-state index contributed by atoms with van der Waals surface area (Å²) in [6, 6.07) is 16.8. The van der Waals surface area contributed by atoms with Crippen LogP contribution in [0.5, 0.6) is 5.75 Å². The maximum atomic E-state index is 12.0. The van der Waals surface area contributed by atoms with Gasteiger partial charge in [-0.25, -0.2) is 0 Å². The number of benzene rings is 2. The summed E-state index contributed by atoms with van der Waals surface area (Å²) in [5, 5.41) is 11.9. The first-order valence-corrected chi connectivity index (χ1v) is 8.68. The van der Waals surface area contributed by atoms with Crippen molar-refractivity contribution >= 4 is 11.8 Å². The summed E-state index contributed by atoms with van der Waals surface area (Å²) in [4.78, 5) is 25.1. The average Bonchev–Trinajstić information content (AvgIpc) is 3.20. The van der Waals surface area contributed by atoms with Gasteiger partial charge >= 0.3 is 0 Å². The SMILES string of the molecule is COc1ccccc1CCC(=O)NNC(=O)Cn1nnc(-c2ccccc2)n1. The number of hydrazine groups is 1. The number of nitrogens with one attached hydrogen (secondary N) is 2. The highest BCUT2D eigenvalue weighted by Crippen LogP contribution is 2.18. The minimum atomic E-state index is -0.456. The number of hydrogen-bond donors (Lipinski definition) is 2. The van der Waals surface area contributed by atoms with Crippen molar-refractivity contribution in [1.29, 1.82) is 0 Å². The fourth-order valence-corrected chi connectivity index (χ4v) is 2.54. The van der Waals surface area contributed by atoms with E-state index in [2.05, 4.69) is 26.3 Å². The highest BCUT2D eigenvalue weighted by molar-refractivity contribution is 5.81. The Bertz CT molecular complexity index is 942. The van der Waals surface area contributed by atoms with Gasteiger partial charge in [0.2, 0.25) is 11.7 Å². The molecule has 0 bridgehead atoms. The first kappa shape index (κ1) is 19.0. The third-order valence-corrected chi connectivity index (χ3v) is 3.93. The molecule has 0 aliphatic rings. The van der Waals surface area contributed by atoms with E-state index in [1.165, 1.54) is 4.80 Å². The number of ether oxygens (including phenoxy) is 1. The van der Waals surface area contributed by atoms with Gasteiger partial charge < -0.3 is 4.74 Å². The fourth-order valence-electron chi connectivity index (χ4n) is 2.54. The molecule has 0 unspecified atom stereocenters. The first-order chi connectivity index (χ1) is 13.7. The van der Waals surface area contributed by atoms with Crippen LogP contribution in [-0.4, -0.2) is 39.1 Å². The van der Waals surface area contributed by atoms with E-state index in [1.807, 2.05) is 54.6 Å². The molecule has 0 atom stereocenters. The number of hydrogen-bond acceptors (Lipinski definition) is 6. The average molecular weight is 380 g/mol. The molecule has 0 radical (unpaired) electrons. The van der Waals surface area contributed by atoms with E-state index < -0.39 is 5.91 Å². The maximum Gasteiger partial charge on any atom is 0.262 e.